The fourth-order valence-corrected chi connectivity index (χ4v) is 10.2. The molecule has 5 aliphatic rings. The summed E-state index contributed by atoms with van der Waals surface area (Å²) in [5.41, 5.74) is -1.09. The van der Waals surface area contributed by atoms with Gasteiger partial charge in [0.15, 0.2) is 11.5 Å². The number of pyridine rings is 1. The van der Waals surface area contributed by atoms with Crippen molar-refractivity contribution in [3.8, 4) is 34.4 Å². The summed E-state index contributed by atoms with van der Waals surface area (Å²) in [5.74, 6) is -0.610. The molecule has 17 heteroatoms. The van der Waals surface area contributed by atoms with Crippen LogP contribution in [0.3, 0.4) is 0 Å². The first-order valence-electron chi connectivity index (χ1n) is 21.8. The van der Waals surface area contributed by atoms with Crippen LogP contribution in [0.25, 0.3) is 22.0 Å². The van der Waals surface area contributed by atoms with Gasteiger partial charge in [0, 0.05) is 23.3 Å². The van der Waals surface area contributed by atoms with E-state index < -0.39 is 74.3 Å². The van der Waals surface area contributed by atoms with E-state index in [1.54, 1.807) is 33.9 Å². The lowest BCUT2D eigenvalue weighted by Crippen LogP contribution is -2.59. The first-order valence-corrected chi connectivity index (χ1v) is 23.4. The summed E-state index contributed by atoms with van der Waals surface area (Å²) in [6.45, 7) is 9.96. The van der Waals surface area contributed by atoms with E-state index in [2.05, 4.69) is 22.3 Å². The Bertz CT molecular complexity index is 2430. The lowest BCUT2D eigenvalue weighted by Gasteiger charge is -2.33. The second-order valence-electron chi connectivity index (χ2n) is 18.6. The highest BCUT2D eigenvalue weighted by molar-refractivity contribution is 7.91. The normalized spacial score (nSPS) is 27.5. The number of carbonyl (C=O) groups excluding carboxylic acids is 4. The van der Waals surface area contributed by atoms with Crippen LogP contribution in [0, 0.1) is 17.8 Å². The van der Waals surface area contributed by atoms with E-state index in [1.165, 1.54) is 4.90 Å². The van der Waals surface area contributed by atoms with Crippen molar-refractivity contribution in [2.75, 3.05) is 26.9 Å². The first-order chi connectivity index (χ1) is 29.9. The standard InChI is InChI=1S/C46H57N5O11S/c1-26-9-7-8-10-30-24-46(30,43(54)50-63(56,57)33-13-14-33)49-40(52)36-23-32(25-51(36)42(53)39(27(2)19-26)48-44(55)62-45(3,4)5)61-41-34-15-12-31(58-6)20-29(34)21-35(47-41)28-11-16-37-38(22-28)60-18-17-59-37/h8,10-12,15-16,20-22,26-27,30,32-33,36,39H,7,9,13-14,17-19,23-25H2,1-6H3,(H,48,55)(H,49,52)(H,50,54). The van der Waals surface area contributed by atoms with Gasteiger partial charge in [0.2, 0.25) is 27.7 Å². The molecule has 2 aromatic carbocycles. The zero-order valence-electron chi connectivity index (χ0n) is 36.6. The average molecular weight is 888 g/mol. The Morgan fingerprint density at radius 3 is 2.48 bits per heavy atom. The number of nitrogens with one attached hydrogen (secondary N) is 3. The Morgan fingerprint density at radius 2 is 1.75 bits per heavy atom. The van der Waals surface area contributed by atoms with Crippen LogP contribution in [-0.4, -0.2) is 104 Å². The highest BCUT2D eigenvalue weighted by atomic mass is 32.2. The van der Waals surface area contributed by atoms with Crippen molar-refractivity contribution in [1.29, 1.82) is 0 Å². The Hall–Kier alpha value is -5.58. The van der Waals surface area contributed by atoms with Crippen molar-refractivity contribution < 1.29 is 51.3 Å². The van der Waals surface area contributed by atoms with Crippen LogP contribution < -0.4 is 34.3 Å². The summed E-state index contributed by atoms with van der Waals surface area (Å²) in [6.07, 6.45) is 5.35. The number of alkyl carbamates (subject to hydrolysis) is 1. The van der Waals surface area contributed by atoms with Crippen molar-refractivity contribution in [3.05, 3.63) is 54.6 Å². The number of fused-ring (bicyclic) bond motifs is 4. The number of ether oxygens (including phenoxy) is 5. The molecule has 16 nitrogen and oxygen atoms in total. The summed E-state index contributed by atoms with van der Waals surface area (Å²) in [4.78, 5) is 63.5. The van der Waals surface area contributed by atoms with Crippen LogP contribution in [0.2, 0.25) is 0 Å². The van der Waals surface area contributed by atoms with Crippen LogP contribution in [0.15, 0.2) is 54.6 Å². The largest absolute Gasteiger partial charge is 0.497 e. The van der Waals surface area contributed by atoms with Gasteiger partial charge in [-0.05, 0) is 119 Å². The second-order valence-corrected chi connectivity index (χ2v) is 20.6. The minimum absolute atomic E-state index is 0.00628. The van der Waals surface area contributed by atoms with Crippen molar-refractivity contribution in [3.63, 3.8) is 0 Å². The Labute approximate surface area is 367 Å². The molecule has 7 unspecified atom stereocenters. The number of rotatable bonds is 8. The molecule has 0 spiro atoms. The van der Waals surface area contributed by atoms with Gasteiger partial charge in [0.25, 0.3) is 5.91 Å². The van der Waals surface area contributed by atoms with E-state index >= 15 is 4.79 Å². The molecular formula is C46H57N5O11S. The molecule has 2 saturated carbocycles. The third-order valence-electron chi connectivity index (χ3n) is 12.4. The highest BCUT2D eigenvalue weighted by Crippen LogP contribution is 2.46. The fraction of sp³-hybridized carbons (Fsp3) is 0.543. The number of aromatic nitrogens is 1. The minimum Gasteiger partial charge on any atom is -0.497 e. The Morgan fingerprint density at radius 1 is 0.984 bits per heavy atom. The zero-order valence-corrected chi connectivity index (χ0v) is 37.4. The summed E-state index contributed by atoms with van der Waals surface area (Å²) >= 11 is 0. The van der Waals surface area contributed by atoms with Gasteiger partial charge < -0.3 is 39.2 Å². The number of carbonyl (C=O) groups is 4. The molecule has 1 saturated heterocycles. The average Bonchev–Trinajstić information content (AvgIpc) is 4.16. The lowest BCUT2D eigenvalue weighted by molar-refractivity contribution is -0.142. The van der Waals surface area contributed by atoms with Gasteiger partial charge in [-0.1, -0.05) is 26.0 Å². The smallest absolute Gasteiger partial charge is 0.408 e. The molecule has 0 bridgehead atoms. The number of allylic oxidation sites excluding steroid dienone is 1. The van der Waals surface area contributed by atoms with Crippen LogP contribution in [-0.2, 0) is 29.1 Å². The minimum atomic E-state index is -3.94. The number of benzene rings is 2. The number of amides is 4. The van der Waals surface area contributed by atoms with Gasteiger partial charge in [-0.25, -0.2) is 18.2 Å². The molecule has 3 aromatic rings. The second kappa shape index (κ2) is 17.2. The molecule has 3 fully saturated rings. The molecule has 1 aromatic heterocycles. The monoisotopic (exact) mass is 887 g/mol. The van der Waals surface area contributed by atoms with Gasteiger partial charge in [-0.2, -0.15) is 0 Å². The van der Waals surface area contributed by atoms with Gasteiger partial charge in [-0.15, -0.1) is 0 Å². The number of methoxy groups -OCH3 is 1. The molecule has 0 radical (unpaired) electrons. The van der Waals surface area contributed by atoms with E-state index in [4.69, 9.17) is 28.7 Å². The molecular weight excluding hydrogens is 831 g/mol. The third-order valence-corrected chi connectivity index (χ3v) is 14.2. The van der Waals surface area contributed by atoms with Crippen LogP contribution in [0.4, 0.5) is 4.79 Å². The molecule has 7 atom stereocenters. The van der Waals surface area contributed by atoms with Gasteiger partial charge in [-0.3, -0.25) is 19.1 Å². The van der Waals surface area contributed by atoms with Crippen molar-refractivity contribution >= 4 is 44.6 Å². The van der Waals surface area contributed by atoms with Crippen LogP contribution in [0.5, 0.6) is 23.1 Å². The summed E-state index contributed by atoms with van der Waals surface area (Å²) < 4.78 is 57.8. The van der Waals surface area contributed by atoms with Crippen molar-refractivity contribution in [1.82, 2.24) is 25.2 Å². The summed E-state index contributed by atoms with van der Waals surface area (Å²) in [5, 5.41) is 6.52. The Balaban J connectivity index is 1.16. The van der Waals surface area contributed by atoms with Gasteiger partial charge in [0.1, 0.15) is 48.3 Å². The third kappa shape index (κ3) is 9.67. The molecule has 8 rings (SSSR count). The van der Waals surface area contributed by atoms with E-state index in [9.17, 15) is 22.8 Å². The van der Waals surface area contributed by atoms with E-state index in [0.29, 0.717) is 67.2 Å². The molecule has 2 aliphatic carbocycles. The van der Waals surface area contributed by atoms with Crippen LogP contribution >= 0.6 is 0 Å². The Kier molecular flexibility index (Phi) is 12.0. The number of sulfonamides is 1. The predicted molar refractivity (Wildman–Crippen MR) is 233 cm³/mol. The number of hydrogen-bond donors (Lipinski definition) is 3. The SMILES string of the molecule is COc1ccc2c(OC3CC4C(=O)NC5(C(=O)NS(=O)(=O)C6CC6)CC5C=CCCC(C)CC(C)C(NC(=O)OC(C)(C)C)C(=O)N4C3)nc(-c3ccc4c(c3)OCCO4)cc2c1. The van der Waals surface area contributed by atoms with Crippen molar-refractivity contribution in [2.24, 2.45) is 17.8 Å². The van der Waals surface area contributed by atoms with Gasteiger partial charge in [0.05, 0.1) is 24.6 Å². The van der Waals surface area contributed by atoms with E-state index in [0.717, 1.165) is 17.4 Å². The molecule has 3 N–H and O–H groups in total. The maximum atomic E-state index is 15.0. The molecule has 338 valence electrons. The molecule has 63 heavy (non-hydrogen) atoms. The van der Waals surface area contributed by atoms with E-state index in [1.807, 2.05) is 55.5 Å². The molecule has 4 amide bonds. The number of hydrogen-bond acceptors (Lipinski definition) is 12. The number of nitrogens with zero attached hydrogens (tertiary/aromatic N) is 2. The zero-order chi connectivity index (χ0) is 44.8. The molecule has 4 heterocycles. The fourth-order valence-electron chi connectivity index (χ4n) is 8.86. The predicted octanol–water partition coefficient (Wildman–Crippen LogP) is 5.42. The quantitative estimate of drug-likeness (QED) is 0.243. The summed E-state index contributed by atoms with van der Waals surface area (Å²) in [6, 6.07) is 10.7. The van der Waals surface area contributed by atoms with E-state index in [-0.39, 0.29) is 37.1 Å². The highest BCUT2D eigenvalue weighted by Gasteiger charge is 2.62. The van der Waals surface area contributed by atoms with Crippen molar-refractivity contribution in [2.45, 2.75) is 114 Å². The lowest BCUT2D eigenvalue weighted by atomic mass is 9.88. The maximum Gasteiger partial charge on any atom is 0.408 e. The maximum absolute atomic E-state index is 15.0. The summed E-state index contributed by atoms with van der Waals surface area (Å²) in [7, 11) is -2.36. The first kappa shape index (κ1) is 44.0. The van der Waals surface area contributed by atoms with Gasteiger partial charge >= 0.3 is 6.09 Å². The van der Waals surface area contributed by atoms with Crippen LogP contribution in [0.1, 0.15) is 79.6 Å². The molecule has 3 aliphatic heterocycles. The topological polar surface area (TPSA) is 201 Å².